The van der Waals surface area contributed by atoms with Crippen molar-refractivity contribution in [2.75, 3.05) is 31.1 Å². The summed E-state index contributed by atoms with van der Waals surface area (Å²) in [5, 5.41) is 0.511. The number of hydrogen-bond acceptors (Lipinski definition) is 2. The molecule has 39 heavy (non-hydrogen) atoms. The third-order valence-corrected chi connectivity index (χ3v) is 7.13. The second-order valence-corrected chi connectivity index (χ2v) is 9.73. The van der Waals surface area contributed by atoms with Gasteiger partial charge in [-0.1, -0.05) is 29.8 Å². The Balaban J connectivity index is 1.44. The lowest BCUT2D eigenvalue weighted by molar-refractivity contribution is -0.137. The number of carbonyl (C=O) groups is 1. The lowest BCUT2D eigenvalue weighted by Crippen LogP contribution is -2.49. The summed E-state index contributed by atoms with van der Waals surface area (Å²) < 4.78 is 69.6. The van der Waals surface area contributed by atoms with Crippen molar-refractivity contribution in [1.82, 2.24) is 9.47 Å². The van der Waals surface area contributed by atoms with Crippen LogP contribution in [0.15, 0.2) is 72.8 Å². The highest BCUT2D eigenvalue weighted by molar-refractivity contribution is 6.30. The van der Waals surface area contributed by atoms with E-state index in [9.17, 15) is 26.7 Å². The third kappa shape index (κ3) is 5.36. The molecule has 0 bridgehead atoms. The Labute approximate surface area is 226 Å². The molecule has 1 amide bonds. The summed E-state index contributed by atoms with van der Waals surface area (Å²) >= 11 is 6.05. The van der Waals surface area contributed by atoms with Crippen LogP contribution >= 0.6 is 11.6 Å². The van der Waals surface area contributed by atoms with E-state index in [-0.39, 0.29) is 11.6 Å². The topological polar surface area (TPSA) is 28.5 Å². The lowest BCUT2D eigenvalue weighted by Gasteiger charge is -2.36. The number of alkyl halides is 3. The second kappa shape index (κ2) is 10.4. The van der Waals surface area contributed by atoms with E-state index >= 15 is 0 Å². The molecular weight excluding hydrogens is 537 g/mol. The fourth-order valence-corrected chi connectivity index (χ4v) is 4.97. The fraction of sp³-hybridized carbons (Fsp3) is 0.207. The van der Waals surface area contributed by atoms with Gasteiger partial charge < -0.3 is 14.4 Å². The number of aromatic nitrogens is 1. The van der Waals surface area contributed by atoms with Crippen molar-refractivity contribution in [3.8, 4) is 16.9 Å². The van der Waals surface area contributed by atoms with E-state index in [1.54, 1.807) is 52.8 Å². The molecule has 202 valence electrons. The Hall–Kier alpha value is -3.85. The van der Waals surface area contributed by atoms with Gasteiger partial charge in [0.15, 0.2) is 0 Å². The number of nitrogens with zero attached hydrogens (tertiary/aromatic N) is 3. The van der Waals surface area contributed by atoms with Gasteiger partial charge in [-0.25, -0.2) is 8.78 Å². The number of amides is 1. The van der Waals surface area contributed by atoms with E-state index < -0.39 is 23.4 Å². The number of benzene rings is 3. The van der Waals surface area contributed by atoms with Crippen LogP contribution in [0.5, 0.6) is 0 Å². The van der Waals surface area contributed by atoms with Gasteiger partial charge in [-0.2, -0.15) is 13.2 Å². The van der Waals surface area contributed by atoms with Gasteiger partial charge in [-0.3, -0.25) is 4.79 Å². The number of carbonyl (C=O) groups excluding carboxylic acids is 1. The first-order chi connectivity index (χ1) is 18.5. The van der Waals surface area contributed by atoms with E-state index in [1.165, 1.54) is 12.1 Å². The zero-order chi connectivity index (χ0) is 27.9. The highest BCUT2D eigenvalue weighted by atomic mass is 35.5. The predicted molar refractivity (Wildman–Crippen MR) is 140 cm³/mol. The van der Waals surface area contributed by atoms with Crippen LogP contribution in [0.1, 0.15) is 21.6 Å². The summed E-state index contributed by atoms with van der Waals surface area (Å²) in [7, 11) is 0. The Morgan fingerprint density at radius 3 is 2.21 bits per heavy atom. The molecule has 1 aliphatic heterocycles. The molecule has 4 nitrogen and oxygen atoms in total. The summed E-state index contributed by atoms with van der Waals surface area (Å²) in [4.78, 5) is 17.1. The first kappa shape index (κ1) is 26.7. The third-order valence-electron chi connectivity index (χ3n) is 6.87. The molecule has 1 aliphatic rings. The van der Waals surface area contributed by atoms with E-state index in [0.29, 0.717) is 59.4 Å². The molecule has 5 rings (SSSR count). The average Bonchev–Trinajstić information content (AvgIpc) is 3.25. The van der Waals surface area contributed by atoms with Crippen LogP contribution in [0.2, 0.25) is 5.02 Å². The van der Waals surface area contributed by atoms with Crippen molar-refractivity contribution >= 4 is 23.2 Å². The monoisotopic (exact) mass is 559 g/mol. The van der Waals surface area contributed by atoms with Crippen molar-refractivity contribution in [3.63, 3.8) is 0 Å². The largest absolute Gasteiger partial charge is 0.416 e. The molecule has 0 saturated carbocycles. The molecule has 3 aromatic carbocycles. The maximum atomic E-state index is 14.9. The van der Waals surface area contributed by atoms with Crippen LogP contribution in [0.25, 0.3) is 16.9 Å². The van der Waals surface area contributed by atoms with Crippen LogP contribution in [0, 0.1) is 18.6 Å². The van der Waals surface area contributed by atoms with E-state index in [1.807, 2.05) is 4.90 Å². The zero-order valence-corrected chi connectivity index (χ0v) is 21.5. The van der Waals surface area contributed by atoms with Gasteiger partial charge in [0.25, 0.3) is 5.91 Å². The minimum atomic E-state index is -4.44. The minimum Gasteiger partial charge on any atom is -0.368 e. The van der Waals surface area contributed by atoms with Gasteiger partial charge >= 0.3 is 6.18 Å². The quantitative estimate of drug-likeness (QED) is 0.244. The Morgan fingerprint density at radius 1 is 0.872 bits per heavy atom. The SMILES string of the molecule is Cc1c(C(=O)N2CCN(c3cccc(C(F)(F)F)c3)CC2)cc(-c2ccc(Cl)cc2)n1-c1ccc(F)cc1F. The highest BCUT2D eigenvalue weighted by Crippen LogP contribution is 2.34. The Bertz CT molecular complexity index is 1520. The lowest BCUT2D eigenvalue weighted by atomic mass is 10.1. The maximum absolute atomic E-state index is 14.9. The summed E-state index contributed by atoms with van der Waals surface area (Å²) in [5.41, 5.74) is 1.83. The van der Waals surface area contributed by atoms with Crippen LogP contribution in [-0.2, 0) is 6.18 Å². The van der Waals surface area contributed by atoms with Crippen LogP contribution in [0.4, 0.5) is 27.6 Å². The minimum absolute atomic E-state index is 0.0901. The molecule has 10 heteroatoms. The molecule has 1 saturated heterocycles. The molecule has 4 aromatic rings. The highest BCUT2D eigenvalue weighted by Gasteiger charge is 2.32. The van der Waals surface area contributed by atoms with E-state index in [2.05, 4.69) is 0 Å². The smallest absolute Gasteiger partial charge is 0.368 e. The zero-order valence-electron chi connectivity index (χ0n) is 20.8. The number of piperazine rings is 1. The average molecular weight is 560 g/mol. The first-order valence-electron chi connectivity index (χ1n) is 12.2. The van der Waals surface area contributed by atoms with Crippen molar-refractivity contribution in [2.24, 2.45) is 0 Å². The number of halogens is 6. The molecule has 0 unspecified atom stereocenters. The normalized spacial score (nSPS) is 14.1. The van der Waals surface area contributed by atoms with Crippen LogP contribution in [-0.4, -0.2) is 41.6 Å². The molecule has 0 atom stereocenters. The van der Waals surface area contributed by atoms with E-state index in [0.717, 1.165) is 24.3 Å². The first-order valence-corrected chi connectivity index (χ1v) is 12.6. The van der Waals surface area contributed by atoms with Crippen molar-refractivity contribution < 1.29 is 26.7 Å². The van der Waals surface area contributed by atoms with Crippen LogP contribution in [0.3, 0.4) is 0 Å². The molecule has 2 heterocycles. The summed E-state index contributed by atoms with van der Waals surface area (Å²) in [6, 6.07) is 16.9. The van der Waals surface area contributed by atoms with Gasteiger partial charge in [0.2, 0.25) is 0 Å². The van der Waals surface area contributed by atoms with Gasteiger partial charge in [0.1, 0.15) is 11.6 Å². The molecule has 0 N–H and O–H groups in total. The number of hydrogen-bond donors (Lipinski definition) is 0. The molecule has 1 fully saturated rings. The molecule has 1 aromatic heterocycles. The van der Waals surface area contributed by atoms with Gasteiger partial charge in [0, 0.05) is 48.6 Å². The Kier molecular flexibility index (Phi) is 7.11. The standard InChI is InChI=1S/C29H23ClF5N3O/c1-18-24(28(39)37-13-11-36(12-14-37)23-4-2-3-20(15-23)29(33,34)35)17-27(19-5-7-21(30)8-6-19)38(18)26-10-9-22(31)16-25(26)32/h2-10,15-17H,11-14H2,1H3. The Morgan fingerprint density at radius 2 is 1.56 bits per heavy atom. The van der Waals surface area contributed by atoms with Gasteiger partial charge in [-0.05, 0) is 61.0 Å². The maximum Gasteiger partial charge on any atom is 0.416 e. The summed E-state index contributed by atoms with van der Waals surface area (Å²) in [5.74, 6) is -1.78. The molecule has 0 aliphatic carbocycles. The fourth-order valence-electron chi connectivity index (χ4n) is 4.85. The molecular formula is C29H23ClF5N3O. The molecule has 0 spiro atoms. The van der Waals surface area contributed by atoms with Crippen molar-refractivity contribution in [2.45, 2.75) is 13.1 Å². The summed E-state index contributed by atoms with van der Waals surface area (Å²) in [6.45, 7) is 2.98. The summed E-state index contributed by atoms with van der Waals surface area (Å²) in [6.07, 6.45) is -4.44. The second-order valence-electron chi connectivity index (χ2n) is 9.29. The van der Waals surface area contributed by atoms with E-state index in [4.69, 9.17) is 11.6 Å². The predicted octanol–water partition coefficient (Wildman–Crippen LogP) is 7.37. The van der Waals surface area contributed by atoms with Gasteiger partial charge in [-0.15, -0.1) is 0 Å². The van der Waals surface area contributed by atoms with Gasteiger partial charge in [0.05, 0.1) is 22.5 Å². The van der Waals surface area contributed by atoms with Crippen molar-refractivity contribution in [1.29, 1.82) is 0 Å². The van der Waals surface area contributed by atoms with Crippen molar-refractivity contribution in [3.05, 3.63) is 106 Å². The molecule has 0 radical (unpaired) electrons. The van der Waals surface area contributed by atoms with Crippen LogP contribution < -0.4 is 4.90 Å². The number of anilines is 1. The number of rotatable bonds is 4.